The van der Waals surface area contributed by atoms with E-state index in [9.17, 15) is 19.2 Å². The van der Waals surface area contributed by atoms with Crippen molar-refractivity contribution >= 4 is 23.8 Å². The predicted octanol–water partition coefficient (Wildman–Crippen LogP) is 0.525. The molecule has 21 heavy (non-hydrogen) atoms. The highest BCUT2D eigenvalue weighted by Crippen LogP contribution is 2.35. The number of urea groups is 1. The number of rotatable bonds is 4. The number of primary amides is 1. The number of nitrogens with one attached hydrogen (secondary N) is 1. The van der Waals surface area contributed by atoms with Crippen molar-refractivity contribution in [2.75, 3.05) is 0 Å². The van der Waals surface area contributed by atoms with Crippen molar-refractivity contribution in [2.45, 2.75) is 51.5 Å². The molecule has 1 unspecified atom stereocenters. The molecule has 7 nitrogen and oxygen atoms in total. The maximum Gasteiger partial charge on any atom is 0.331 e. The maximum atomic E-state index is 12.7. The monoisotopic (exact) mass is 295 g/mol. The van der Waals surface area contributed by atoms with Crippen molar-refractivity contribution in [3.8, 4) is 0 Å². The summed E-state index contributed by atoms with van der Waals surface area (Å²) in [5, 5.41) is 2.24. The van der Waals surface area contributed by atoms with Crippen molar-refractivity contribution in [1.29, 1.82) is 0 Å². The first-order valence-electron chi connectivity index (χ1n) is 7.21. The van der Waals surface area contributed by atoms with Gasteiger partial charge in [0.1, 0.15) is 5.92 Å². The lowest BCUT2D eigenvalue weighted by Crippen LogP contribution is -2.65. The fourth-order valence-corrected chi connectivity index (χ4v) is 3.38. The van der Waals surface area contributed by atoms with Gasteiger partial charge >= 0.3 is 6.03 Å². The van der Waals surface area contributed by atoms with Crippen LogP contribution in [0.2, 0.25) is 0 Å². The second kappa shape index (κ2) is 5.46. The Balaban J connectivity index is 2.28. The molecule has 1 aliphatic carbocycles. The van der Waals surface area contributed by atoms with Crippen molar-refractivity contribution in [1.82, 2.24) is 10.2 Å². The Morgan fingerprint density at radius 2 is 1.86 bits per heavy atom. The molecule has 0 aromatic carbocycles. The van der Waals surface area contributed by atoms with Crippen LogP contribution in [0.4, 0.5) is 4.79 Å². The smallest absolute Gasteiger partial charge is 0.331 e. The van der Waals surface area contributed by atoms with Crippen molar-refractivity contribution in [3.63, 3.8) is 0 Å². The summed E-state index contributed by atoms with van der Waals surface area (Å²) in [6, 6.07) is -0.773. The summed E-state index contributed by atoms with van der Waals surface area (Å²) in [4.78, 5) is 48.9. The van der Waals surface area contributed by atoms with Gasteiger partial charge in [-0.05, 0) is 32.6 Å². The molecule has 0 spiro atoms. The van der Waals surface area contributed by atoms with Crippen LogP contribution in [-0.2, 0) is 14.4 Å². The number of nitrogens with zero attached hydrogens (tertiary/aromatic N) is 1. The van der Waals surface area contributed by atoms with Crippen LogP contribution < -0.4 is 11.1 Å². The quantitative estimate of drug-likeness (QED) is 0.737. The SMILES string of the molecule is CC(C)(CC(N)=O)N1C(=O)NC(=O)C(C2CCCC2)C1=O. The molecule has 116 valence electrons. The Morgan fingerprint density at radius 1 is 1.29 bits per heavy atom. The molecular weight excluding hydrogens is 274 g/mol. The average Bonchev–Trinajstić information content (AvgIpc) is 2.78. The highest BCUT2D eigenvalue weighted by atomic mass is 16.2. The normalized spacial score (nSPS) is 24.4. The van der Waals surface area contributed by atoms with Gasteiger partial charge in [-0.1, -0.05) is 12.8 Å². The van der Waals surface area contributed by atoms with Crippen molar-refractivity contribution < 1.29 is 19.2 Å². The fourth-order valence-electron chi connectivity index (χ4n) is 3.38. The molecule has 2 fully saturated rings. The highest BCUT2D eigenvalue weighted by molar-refractivity contribution is 6.16. The lowest BCUT2D eigenvalue weighted by Gasteiger charge is -2.41. The van der Waals surface area contributed by atoms with Crippen LogP contribution in [0.15, 0.2) is 0 Å². The van der Waals surface area contributed by atoms with Gasteiger partial charge in [-0.3, -0.25) is 24.6 Å². The van der Waals surface area contributed by atoms with E-state index in [2.05, 4.69) is 5.32 Å². The number of hydrogen-bond acceptors (Lipinski definition) is 4. The molecule has 3 N–H and O–H groups in total. The van der Waals surface area contributed by atoms with Gasteiger partial charge in [0.15, 0.2) is 0 Å². The van der Waals surface area contributed by atoms with E-state index in [4.69, 9.17) is 5.73 Å². The van der Waals surface area contributed by atoms with Crippen LogP contribution in [0.3, 0.4) is 0 Å². The van der Waals surface area contributed by atoms with Crippen molar-refractivity contribution in [3.05, 3.63) is 0 Å². The summed E-state index contributed by atoms with van der Waals surface area (Å²) < 4.78 is 0. The zero-order valence-corrected chi connectivity index (χ0v) is 12.3. The average molecular weight is 295 g/mol. The van der Waals surface area contributed by atoms with Crippen LogP contribution in [0.5, 0.6) is 0 Å². The third kappa shape index (κ3) is 2.91. The second-order valence-electron chi connectivity index (χ2n) is 6.45. The molecule has 2 aliphatic rings. The molecule has 0 aromatic heterocycles. The summed E-state index contributed by atoms with van der Waals surface area (Å²) in [6.45, 7) is 3.19. The first kappa shape index (κ1) is 15.5. The Morgan fingerprint density at radius 3 is 2.38 bits per heavy atom. The molecule has 0 bridgehead atoms. The van der Waals surface area contributed by atoms with Crippen LogP contribution in [0.1, 0.15) is 46.0 Å². The number of imide groups is 2. The fraction of sp³-hybridized carbons (Fsp3) is 0.714. The Labute approximate surface area is 123 Å². The van der Waals surface area contributed by atoms with Crippen LogP contribution in [0.25, 0.3) is 0 Å². The molecule has 1 heterocycles. The van der Waals surface area contributed by atoms with Crippen LogP contribution in [0, 0.1) is 11.8 Å². The van der Waals surface area contributed by atoms with Crippen LogP contribution >= 0.6 is 0 Å². The maximum absolute atomic E-state index is 12.7. The van der Waals surface area contributed by atoms with E-state index in [0.29, 0.717) is 0 Å². The minimum Gasteiger partial charge on any atom is -0.370 e. The second-order valence-corrected chi connectivity index (χ2v) is 6.45. The molecule has 7 heteroatoms. The highest BCUT2D eigenvalue weighted by Gasteiger charge is 2.50. The minimum atomic E-state index is -1.05. The largest absolute Gasteiger partial charge is 0.370 e. The molecule has 0 radical (unpaired) electrons. The van der Waals surface area contributed by atoms with Crippen molar-refractivity contribution in [2.24, 2.45) is 17.6 Å². The lowest BCUT2D eigenvalue weighted by molar-refractivity contribution is -0.148. The summed E-state index contributed by atoms with van der Waals surface area (Å²) in [7, 11) is 0. The molecule has 0 aromatic rings. The zero-order valence-electron chi connectivity index (χ0n) is 12.3. The van der Waals surface area contributed by atoms with E-state index in [1.807, 2.05) is 0 Å². The Kier molecular flexibility index (Phi) is 4.02. The van der Waals surface area contributed by atoms with E-state index in [-0.39, 0.29) is 12.3 Å². The Bertz CT molecular complexity index is 494. The van der Waals surface area contributed by atoms with Crippen LogP contribution in [-0.4, -0.2) is 34.2 Å². The van der Waals surface area contributed by atoms with E-state index in [1.165, 1.54) is 0 Å². The third-order valence-electron chi connectivity index (χ3n) is 4.29. The summed E-state index contributed by atoms with van der Waals surface area (Å²) in [5.74, 6) is -2.50. The molecule has 1 saturated heterocycles. The number of hydrogen-bond donors (Lipinski definition) is 2. The van der Waals surface area contributed by atoms with Gasteiger partial charge in [-0.15, -0.1) is 0 Å². The molecule has 1 aliphatic heterocycles. The molecule has 1 saturated carbocycles. The van der Waals surface area contributed by atoms with E-state index in [1.54, 1.807) is 13.8 Å². The van der Waals surface area contributed by atoms with Gasteiger partial charge in [0, 0.05) is 6.42 Å². The molecule has 2 rings (SSSR count). The summed E-state index contributed by atoms with van der Waals surface area (Å²) in [5.41, 5.74) is 4.13. The topological polar surface area (TPSA) is 110 Å². The van der Waals surface area contributed by atoms with E-state index in [0.717, 1.165) is 30.6 Å². The third-order valence-corrected chi connectivity index (χ3v) is 4.29. The number of amides is 5. The van der Waals surface area contributed by atoms with Gasteiger partial charge in [0.25, 0.3) is 0 Å². The predicted molar refractivity (Wildman–Crippen MR) is 73.7 cm³/mol. The molecular formula is C14H21N3O4. The number of barbiturate groups is 1. The summed E-state index contributed by atoms with van der Waals surface area (Å²) in [6.07, 6.45) is 3.45. The first-order chi connectivity index (χ1) is 9.74. The van der Waals surface area contributed by atoms with Gasteiger partial charge in [-0.25, -0.2) is 4.79 Å². The number of nitrogens with two attached hydrogens (primary N) is 1. The van der Waals surface area contributed by atoms with E-state index >= 15 is 0 Å². The standard InChI is InChI=1S/C14H21N3O4/c1-14(2,7-9(15)18)17-12(20)10(8-5-3-4-6-8)11(19)16-13(17)21/h8,10H,3-7H2,1-2H3,(H2,15,18)(H,16,19,21). The Hall–Kier alpha value is -1.92. The minimum absolute atomic E-state index is 0.0301. The molecule has 1 atom stereocenters. The summed E-state index contributed by atoms with van der Waals surface area (Å²) >= 11 is 0. The van der Waals surface area contributed by atoms with Gasteiger partial charge in [-0.2, -0.15) is 0 Å². The molecule has 5 amide bonds. The van der Waals surface area contributed by atoms with Gasteiger partial charge in [0.05, 0.1) is 5.54 Å². The lowest BCUT2D eigenvalue weighted by atomic mass is 9.85. The van der Waals surface area contributed by atoms with E-state index < -0.39 is 35.2 Å². The number of carbonyl (C=O) groups is 4. The zero-order chi connectivity index (χ0) is 15.8. The number of carbonyl (C=O) groups excluding carboxylic acids is 4. The first-order valence-corrected chi connectivity index (χ1v) is 7.21. The van der Waals surface area contributed by atoms with Gasteiger partial charge < -0.3 is 5.73 Å². The van der Waals surface area contributed by atoms with Gasteiger partial charge in [0.2, 0.25) is 17.7 Å².